The van der Waals surface area contributed by atoms with Crippen LogP contribution in [0.4, 0.5) is 0 Å². The maximum atomic E-state index is 10.7. The minimum absolute atomic E-state index is 0.126. The van der Waals surface area contributed by atoms with Gasteiger partial charge in [-0.3, -0.25) is 4.79 Å². The van der Waals surface area contributed by atoms with Gasteiger partial charge in [0.15, 0.2) is 5.78 Å². The Morgan fingerprint density at radius 1 is 1.00 bits per heavy atom. The molecule has 0 aromatic heterocycles. The second-order valence-electron chi connectivity index (χ2n) is 4.57. The average molecular weight is 220 g/mol. The summed E-state index contributed by atoms with van der Waals surface area (Å²) in [6.07, 6.45) is 7.79. The largest absolute Gasteiger partial charge is 0.295 e. The summed E-state index contributed by atoms with van der Waals surface area (Å²) >= 11 is 0. The smallest absolute Gasteiger partial charge is 0.152 e. The fraction of sp³-hybridized carbons (Fsp3) is 0.533. The van der Waals surface area contributed by atoms with Gasteiger partial charge in [0.05, 0.1) is 0 Å². The zero-order valence-electron chi connectivity index (χ0n) is 11.1. The van der Waals surface area contributed by atoms with E-state index in [9.17, 15) is 4.79 Å². The molecule has 0 N–H and O–H groups in total. The van der Waals surface area contributed by atoms with Crippen LogP contribution in [-0.4, -0.2) is 5.78 Å². The molecule has 0 aliphatic rings. The number of carbonyl (C=O) groups is 1. The first-order valence-corrected chi connectivity index (χ1v) is 5.90. The van der Waals surface area contributed by atoms with Crippen LogP contribution in [-0.2, 0) is 4.79 Å². The second kappa shape index (κ2) is 8.09. The minimum atomic E-state index is 0.126. The van der Waals surface area contributed by atoms with Crippen LogP contribution in [0.25, 0.3) is 0 Å². The van der Waals surface area contributed by atoms with E-state index in [1.807, 2.05) is 6.08 Å². The van der Waals surface area contributed by atoms with Crippen molar-refractivity contribution in [2.45, 2.75) is 53.4 Å². The molecule has 0 atom stereocenters. The summed E-state index contributed by atoms with van der Waals surface area (Å²) in [4.78, 5) is 10.7. The standard InChI is InChI=1S/C15H24O/c1-12(2)10-11-14(4)13(3)8-6-7-9-15(5)16/h7,9H,1,6,8,10-11H2,2-5H3/b9-7+,14-13?. The number of rotatable bonds is 7. The second-order valence-corrected chi connectivity index (χ2v) is 4.57. The van der Waals surface area contributed by atoms with Crippen molar-refractivity contribution in [3.8, 4) is 0 Å². The van der Waals surface area contributed by atoms with Gasteiger partial charge in [0, 0.05) is 0 Å². The summed E-state index contributed by atoms with van der Waals surface area (Å²) in [5.74, 6) is 0.126. The third-order valence-electron chi connectivity index (χ3n) is 2.69. The van der Waals surface area contributed by atoms with Gasteiger partial charge in [0.2, 0.25) is 0 Å². The number of allylic oxidation sites excluding steroid dienone is 5. The van der Waals surface area contributed by atoms with E-state index in [1.54, 1.807) is 13.0 Å². The maximum absolute atomic E-state index is 10.7. The van der Waals surface area contributed by atoms with Crippen LogP contribution in [0.1, 0.15) is 53.4 Å². The maximum Gasteiger partial charge on any atom is 0.152 e. The lowest BCUT2D eigenvalue weighted by Crippen LogP contribution is -1.87. The molecule has 1 heteroatoms. The average Bonchev–Trinajstić information content (AvgIpc) is 2.20. The first-order valence-electron chi connectivity index (χ1n) is 5.90. The lowest BCUT2D eigenvalue weighted by molar-refractivity contribution is -0.112. The molecule has 0 spiro atoms. The Kier molecular flexibility index (Phi) is 7.53. The summed E-state index contributed by atoms with van der Waals surface area (Å²) < 4.78 is 0. The van der Waals surface area contributed by atoms with Crippen molar-refractivity contribution >= 4 is 5.78 Å². The van der Waals surface area contributed by atoms with Gasteiger partial charge in [-0.05, 0) is 59.5 Å². The van der Waals surface area contributed by atoms with Crippen molar-refractivity contribution in [2.24, 2.45) is 0 Å². The Balaban J connectivity index is 4.01. The topological polar surface area (TPSA) is 17.1 Å². The molecular weight excluding hydrogens is 196 g/mol. The molecule has 0 aliphatic heterocycles. The van der Waals surface area contributed by atoms with Crippen LogP contribution in [0.2, 0.25) is 0 Å². The predicted octanol–water partition coefficient (Wildman–Crippen LogP) is 4.60. The summed E-state index contributed by atoms with van der Waals surface area (Å²) in [5.41, 5.74) is 4.14. The molecule has 0 unspecified atom stereocenters. The van der Waals surface area contributed by atoms with Crippen molar-refractivity contribution in [1.82, 2.24) is 0 Å². The van der Waals surface area contributed by atoms with Crippen LogP contribution in [0.5, 0.6) is 0 Å². The van der Waals surface area contributed by atoms with E-state index in [2.05, 4.69) is 27.4 Å². The highest BCUT2D eigenvalue weighted by Crippen LogP contribution is 2.17. The van der Waals surface area contributed by atoms with E-state index in [1.165, 1.54) is 16.7 Å². The van der Waals surface area contributed by atoms with Crippen molar-refractivity contribution < 1.29 is 4.79 Å². The summed E-state index contributed by atoms with van der Waals surface area (Å²) in [6, 6.07) is 0. The number of hydrogen-bond acceptors (Lipinski definition) is 1. The van der Waals surface area contributed by atoms with Crippen molar-refractivity contribution in [1.29, 1.82) is 0 Å². The monoisotopic (exact) mass is 220 g/mol. The van der Waals surface area contributed by atoms with E-state index in [-0.39, 0.29) is 5.78 Å². The van der Waals surface area contributed by atoms with E-state index in [0.29, 0.717) is 0 Å². The van der Waals surface area contributed by atoms with Gasteiger partial charge in [-0.2, -0.15) is 0 Å². The molecular formula is C15H24O. The zero-order valence-corrected chi connectivity index (χ0v) is 11.1. The molecule has 0 amide bonds. The van der Waals surface area contributed by atoms with Crippen LogP contribution >= 0.6 is 0 Å². The molecule has 0 radical (unpaired) electrons. The first-order chi connectivity index (χ1) is 7.43. The van der Waals surface area contributed by atoms with Crippen molar-refractivity contribution in [3.05, 3.63) is 35.5 Å². The van der Waals surface area contributed by atoms with Gasteiger partial charge >= 0.3 is 0 Å². The number of ketones is 1. The van der Waals surface area contributed by atoms with Gasteiger partial charge in [-0.15, -0.1) is 6.58 Å². The molecule has 0 aliphatic carbocycles. The summed E-state index contributed by atoms with van der Waals surface area (Å²) in [5, 5.41) is 0. The minimum Gasteiger partial charge on any atom is -0.295 e. The molecule has 90 valence electrons. The SMILES string of the molecule is C=C(C)CCC(C)=C(C)CC/C=C/C(C)=O. The van der Waals surface area contributed by atoms with Crippen molar-refractivity contribution in [2.75, 3.05) is 0 Å². The third-order valence-corrected chi connectivity index (χ3v) is 2.69. The van der Waals surface area contributed by atoms with E-state index in [4.69, 9.17) is 0 Å². The Labute approximate surface area is 99.9 Å². The molecule has 0 aromatic rings. The van der Waals surface area contributed by atoms with Crippen LogP contribution in [0.15, 0.2) is 35.5 Å². The quantitative estimate of drug-likeness (QED) is 0.452. The molecule has 0 rings (SSSR count). The summed E-state index contributed by atoms with van der Waals surface area (Å²) in [7, 11) is 0. The number of carbonyl (C=O) groups excluding carboxylic acids is 1. The van der Waals surface area contributed by atoms with Gasteiger partial charge in [0.25, 0.3) is 0 Å². The molecule has 0 saturated carbocycles. The first kappa shape index (κ1) is 14.9. The van der Waals surface area contributed by atoms with Crippen LogP contribution in [0.3, 0.4) is 0 Å². The predicted molar refractivity (Wildman–Crippen MR) is 71.5 cm³/mol. The zero-order chi connectivity index (χ0) is 12.6. The van der Waals surface area contributed by atoms with Crippen LogP contribution in [0, 0.1) is 0 Å². The van der Waals surface area contributed by atoms with E-state index >= 15 is 0 Å². The normalized spacial score (nSPS) is 12.8. The van der Waals surface area contributed by atoms with Crippen LogP contribution < -0.4 is 0 Å². The van der Waals surface area contributed by atoms with Gasteiger partial charge in [0.1, 0.15) is 0 Å². The lowest BCUT2D eigenvalue weighted by atomic mass is 10.0. The molecule has 0 heterocycles. The fourth-order valence-electron chi connectivity index (χ4n) is 1.38. The Hall–Kier alpha value is -1.11. The molecule has 1 nitrogen and oxygen atoms in total. The molecule has 0 bridgehead atoms. The van der Waals surface area contributed by atoms with Crippen molar-refractivity contribution in [3.63, 3.8) is 0 Å². The Bertz CT molecular complexity index is 305. The molecule has 0 fully saturated rings. The highest BCUT2D eigenvalue weighted by atomic mass is 16.1. The molecule has 16 heavy (non-hydrogen) atoms. The fourth-order valence-corrected chi connectivity index (χ4v) is 1.38. The van der Waals surface area contributed by atoms with Gasteiger partial charge in [-0.1, -0.05) is 22.8 Å². The Morgan fingerprint density at radius 3 is 2.06 bits per heavy atom. The third kappa shape index (κ3) is 8.22. The molecule has 0 saturated heterocycles. The number of hydrogen-bond donors (Lipinski definition) is 0. The lowest BCUT2D eigenvalue weighted by Gasteiger charge is -2.06. The van der Waals surface area contributed by atoms with E-state index in [0.717, 1.165) is 25.7 Å². The highest BCUT2D eigenvalue weighted by molar-refractivity contribution is 5.87. The Morgan fingerprint density at radius 2 is 1.56 bits per heavy atom. The highest BCUT2D eigenvalue weighted by Gasteiger charge is 1.97. The van der Waals surface area contributed by atoms with Gasteiger partial charge < -0.3 is 0 Å². The summed E-state index contributed by atoms with van der Waals surface area (Å²) in [6.45, 7) is 11.9. The van der Waals surface area contributed by atoms with Gasteiger partial charge in [-0.25, -0.2) is 0 Å². The van der Waals surface area contributed by atoms with E-state index < -0.39 is 0 Å². The molecule has 0 aromatic carbocycles.